The first-order chi connectivity index (χ1) is 15.6. The number of nitrogens with zero attached hydrogens (tertiary/aromatic N) is 2. The van der Waals surface area contributed by atoms with Crippen LogP contribution in [0.2, 0.25) is 0 Å². The lowest BCUT2D eigenvalue weighted by atomic mass is 9.71. The predicted octanol–water partition coefficient (Wildman–Crippen LogP) is 3.77. The highest BCUT2D eigenvalue weighted by Gasteiger charge is 2.44. The number of hydrogen-bond acceptors (Lipinski definition) is 4. The fourth-order valence-electron chi connectivity index (χ4n) is 5.45. The Bertz CT molecular complexity index is 1020. The summed E-state index contributed by atoms with van der Waals surface area (Å²) in [6, 6.07) is 7.33. The summed E-state index contributed by atoms with van der Waals surface area (Å²) < 4.78 is 7.52. The van der Waals surface area contributed by atoms with Crippen LogP contribution in [0.25, 0.3) is 10.9 Å². The van der Waals surface area contributed by atoms with Crippen molar-refractivity contribution in [3.05, 3.63) is 36.0 Å². The number of amides is 2. The average Bonchev–Trinajstić information content (AvgIpc) is 3.06. The number of benzene rings is 1. The van der Waals surface area contributed by atoms with Crippen LogP contribution in [0, 0.1) is 5.92 Å². The van der Waals surface area contributed by atoms with Gasteiger partial charge in [0.25, 0.3) is 0 Å². The van der Waals surface area contributed by atoms with Crippen LogP contribution in [0.15, 0.2) is 30.5 Å². The zero-order valence-corrected chi connectivity index (χ0v) is 20.3. The predicted molar refractivity (Wildman–Crippen MR) is 128 cm³/mol. The van der Waals surface area contributed by atoms with Crippen LogP contribution in [-0.4, -0.2) is 56.9 Å². The number of para-hydroxylation sites is 1. The molecule has 0 bridgehead atoms. The number of nitrogens with one attached hydrogen (secondary N) is 1. The molecule has 0 spiro atoms. The zero-order valence-electron chi connectivity index (χ0n) is 20.3. The molecule has 0 radical (unpaired) electrons. The quantitative estimate of drug-likeness (QED) is 0.735. The zero-order chi connectivity index (χ0) is 23.8. The van der Waals surface area contributed by atoms with Gasteiger partial charge in [0.2, 0.25) is 5.91 Å². The number of aromatic nitrogens is 1. The summed E-state index contributed by atoms with van der Waals surface area (Å²) in [5.41, 5.74) is 0.787. The molecule has 0 unspecified atom stereocenters. The van der Waals surface area contributed by atoms with Crippen LogP contribution < -0.4 is 5.32 Å². The summed E-state index contributed by atoms with van der Waals surface area (Å²) in [4.78, 5) is 28.2. The van der Waals surface area contributed by atoms with Crippen LogP contribution in [0.5, 0.6) is 0 Å². The molecule has 2 aliphatic rings. The Morgan fingerprint density at radius 3 is 2.76 bits per heavy atom. The highest BCUT2D eigenvalue weighted by molar-refractivity contribution is 5.88. The molecular formula is C26H37N3O4. The van der Waals surface area contributed by atoms with E-state index in [2.05, 4.69) is 5.32 Å². The molecule has 4 rings (SSSR count). The molecule has 2 N–H and O–H groups in total. The standard InChI is InChI=1S/C26H37N3O4/c1-25(2,3)33-24(31)27-21(15-18-16-28(4)22-11-6-5-10-20(18)22)23(30)29-14-13-26(32)12-8-7-9-19(26)17-29/h5-6,10-11,16,19,21,32H,7-9,12-15,17H2,1-4H3,(H,27,31)/t19-,21-,26-/m0/s1. The lowest BCUT2D eigenvalue weighted by molar-refractivity contribution is -0.145. The molecule has 180 valence electrons. The van der Waals surface area contributed by atoms with E-state index >= 15 is 0 Å². The molecule has 33 heavy (non-hydrogen) atoms. The molecule has 2 fully saturated rings. The van der Waals surface area contributed by atoms with Crippen LogP contribution in [-0.2, 0) is 23.0 Å². The van der Waals surface area contributed by atoms with Crippen molar-refractivity contribution in [2.24, 2.45) is 13.0 Å². The molecule has 2 amide bonds. The Kier molecular flexibility index (Phi) is 6.45. The van der Waals surface area contributed by atoms with E-state index < -0.39 is 23.3 Å². The summed E-state index contributed by atoms with van der Waals surface area (Å²) >= 11 is 0. The summed E-state index contributed by atoms with van der Waals surface area (Å²) in [5, 5.41) is 15.0. The third kappa shape index (κ3) is 5.18. The van der Waals surface area contributed by atoms with E-state index in [9.17, 15) is 14.7 Å². The summed E-state index contributed by atoms with van der Waals surface area (Å²) in [5.74, 6) is -0.00917. The van der Waals surface area contributed by atoms with E-state index in [4.69, 9.17) is 4.74 Å². The monoisotopic (exact) mass is 455 g/mol. The van der Waals surface area contributed by atoms with Gasteiger partial charge in [-0.25, -0.2) is 4.79 Å². The van der Waals surface area contributed by atoms with Crippen LogP contribution in [0.4, 0.5) is 4.79 Å². The molecule has 1 saturated heterocycles. The highest BCUT2D eigenvalue weighted by atomic mass is 16.6. The van der Waals surface area contributed by atoms with E-state index in [-0.39, 0.29) is 11.8 Å². The minimum atomic E-state index is -0.736. The molecule has 7 heteroatoms. The van der Waals surface area contributed by atoms with Gasteiger partial charge in [0.15, 0.2) is 0 Å². The van der Waals surface area contributed by atoms with Crippen molar-refractivity contribution < 1.29 is 19.4 Å². The fourth-order valence-corrected chi connectivity index (χ4v) is 5.45. The number of fused-ring (bicyclic) bond motifs is 2. The normalized spacial score (nSPS) is 24.3. The Labute approximate surface area is 196 Å². The van der Waals surface area contributed by atoms with Crippen molar-refractivity contribution in [2.75, 3.05) is 13.1 Å². The van der Waals surface area contributed by atoms with Crippen molar-refractivity contribution in [3.63, 3.8) is 0 Å². The number of hydrogen-bond donors (Lipinski definition) is 2. The second kappa shape index (κ2) is 9.01. The van der Waals surface area contributed by atoms with E-state index in [1.807, 2.05) is 67.7 Å². The lowest BCUT2D eigenvalue weighted by Gasteiger charge is -2.48. The lowest BCUT2D eigenvalue weighted by Crippen LogP contribution is -2.58. The number of alkyl carbamates (subject to hydrolysis) is 1. The van der Waals surface area contributed by atoms with E-state index in [0.717, 1.165) is 42.1 Å². The highest BCUT2D eigenvalue weighted by Crippen LogP contribution is 2.40. The number of rotatable bonds is 4. The van der Waals surface area contributed by atoms with E-state index in [1.165, 1.54) is 0 Å². The van der Waals surface area contributed by atoms with Gasteiger partial charge in [-0.2, -0.15) is 0 Å². The number of ether oxygens (including phenoxy) is 1. The van der Waals surface area contributed by atoms with Crippen molar-refractivity contribution in [1.29, 1.82) is 0 Å². The van der Waals surface area contributed by atoms with Gasteiger partial charge in [-0.05, 0) is 51.7 Å². The maximum absolute atomic E-state index is 13.7. The van der Waals surface area contributed by atoms with Gasteiger partial charge < -0.3 is 24.6 Å². The van der Waals surface area contributed by atoms with Gasteiger partial charge in [0.1, 0.15) is 11.6 Å². The molecule has 2 heterocycles. The average molecular weight is 456 g/mol. The van der Waals surface area contributed by atoms with Crippen molar-refractivity contribution >= 4 is 22.9 Å². The van der Waals surface area contributed by atoms with Crippen molar-refractivity contribution in [3.8, 4) is 0 Å². The van der Waals surface area contributed by atoms with Gasteiger partial charge in [0, 0.05) is 49.6 Å². The minimum absolute atomic E-state index is 0.101. The van der Waals surface area contributed by atoms with E-state index in [1.54, 1.807) is 0 Å². The van der Waals surface area contributed by atoms with Gasteiger partial charge in [0.05, 0.1) is 5.60 Å². The Morgan fingerprint density at radius 2 is 2.00 bits per heavy atom. The van der Waals surface area contributed by atoms with E-state index in [0.29, 0.717) is 25.9 Å². The summed E-state index contributed by atoms with van der Waals surface area (Å²) in [6.45, 7) is 6.47. The topological polar surface area (TPSA) is 83.8 Å². The Hall–Kier alpha value is -2.54. The Morgan fingerprint density at radius 1 is 1.24 bits per heavy atom. The van der Waals surface area contributed by atoms with Crippen LogP contribution in [0.3, 0.4) is 0 Å². The fraction of sp³-hybridized carbons (Fsp3) is 0.615. The number of carbonyl (C=O) groups is 2. The molecule has 1 aromatic heterocycles. The number of likely N-dealkylation sites (tertiary alicyclic amines) is 1. The first-order valence-electron chi connectivity index (χ1n) is 12.1. The number of aliphatic hydroxyl groups is 1. The second-order valence-corrected chi connectivity index (χ2v) is 10.8. The largest absolute Gasteiger partial charge is 0.444 e. The summed E-state index contributed by atoms with van der Waals surface area (Å²) in [6.07, 6.45) is 6.30. The smallest absolute Gasteiger partial charge is 0.408 e. The maximum atomic E-state index is 13.7. The number of piperidine rings is 1. The van der Waals surface area contributed by atoms with Crippen molar-refractivity contribution in [1.82, 2.24) is 14.8 Å². The Balaban J connectivity index is 1.57. The third-order valence-corrected chi connectivity index (χ3v) is 7.13. The van der Waals surface area contributed by atoms with Crippen LogP contribution in [0.1, 0.15) is 58.4 Å². The molecule has 1 saturated carbocycles. The van der Waals surface area contributed by atoms with Crippen molar-refractivity contribution in [2.45, 2.75) is 76.5 Å². The van der Waals surface area contributed by atoms with Gasteiger partial charge in [-0.15, -0.1) is 0 Å². The molecule has 3 atom stereocenters. The number of aryl methyl sites for hydroxylation is 1. The number of carbonyl (C=O) groups excluding carboxylic acids is 2. The van der Waals surface area contributed by atoms with Gasteiger partial charge in [-0.1, -0.05) is 31.0 Å². The SMILES string of the molecule is Cn1cc(C[C@H](NC(=O)OC(C)(C)C)C(=O)N2CC[C@@]3(O)CCCC[C@H]3C2)c2ccccc21. The first kappa shape index (κ1) is 23.6. The maximum Gasteiger partial charge on any atom is 0.408 e. The first-order valence-corrected chi connectivity index (χ1v) is 12.1. The second-order valence-electron chi connectivity index (χ2n) is 10.8. The molecular weight excluding hydrogens is 418 g/mol. The summed E-state index contributed by atoms with van der Waals surface area (Å²) in [7, 11) is 1.98. The van der Waals surface area contributed by atoms with Gasteiger partial charge >= 0.3 is 6.09 Å². The minimum Gasteiger partial charge on any atom is -0.444 e. The molecule has 1 aliphatic heterocycles. The van der Waals surface area contributed by atoms with Gasteiger partial charge in [-0.3, -0.25) is 4.79 Å². The molecule has 2 aromatic rings. The van der Waals surface area contributed by atoms with Crippen LogP contribution >= 0.6 is 0 Å². The molecule has 7 nitrogen and oxygen atoms in total. The molecule has 1 aliphatic carbocycles. The third-order valence-electron chi connectivity index (χ3n) is 7.13. The molecule has 1 aromatic carbocycles.